The molecule has 1 fully saturated rings. The first-order chi connectivity index (χ1) is 7.32. The number of halogens is 1. The fraction of sp³-hybridized carbons (Fsp3) is 0.818. The van der Waals surface area contributed by atoms with Gasteiger partial charge in [0.2, 0.25) is 11.8 Å². The summed E-state index contributed by atoms with van der Waals surface area (Å²) in [4.78, 5) is 23.2. The number of hydrogen-bond acceptors (Lipinski definition) is 3. The van der Waals surface area contributed by atoms with E-state index in [0.717, 1.165) is 6.42 Å². The lowest BCUT2D eigenvalue weighted by Crippen LogP contribution is -2.56. The van der Waals surface area contributed by atoms with Crippen molar-refractivity contribution in [2.45, 2.75) is 45.7 Å². The summed E-state index contributed by atoms with van der Waals surface area (Å²) in [7, 11) is 0. The van der Waals surface area contributed by atoms with Gasteiger partial charge in [-0.25, -0.2) is 0 Å². The zero-order valence-corrected chi connectivity index (χ0v) is 11.4. The van der Waals surface area contributed by atoms with Crippen LogP contribution in [0.25, 0.3) is 0 Å². The molecular formula is C11H22ClN3O2. The van der Waals surface area contributed by atoms with E-state index in [9.17, 15) is 9.59 Å². The molecule has 6 heteroatoms. The molecule has 0 spiro atoms. The Morgan fingerprint density at radius 1 is 1.53 bits per heavy atom. The molecule has 1 aliphatic rings. The van der Waals surface area contributed by atoms with E-state index in [1.54, 1.807) is 0 Å². The third-order valence-corrected chi connectivity index (χ3v) is 2.82. The zero-order chi connectivity index (χ0) is 12.3. The lowest BCUT2D eigenvalue weighted by Gasteiger charge is -2.29. The van der Waals surface area contributed by atoms with Gasteiger partial charge in [0.1, 0.15) is 6.04 Å². The first-order valence-electron chi connectivity index (χ1n) is 5.66. The van der Waals surface area contributed by atoms with Crippen LogP contribution in [0.3, 0.4) is 0 Å². The number of carbonyl (C=O) groups is 2. The van der Waals surface area contributed by atoms with Gasteiger partial charge < -0.3 is 16.4 Å². The summed E-state index contributed by atoms with van der Waals surface area (Å²) in [6.45, 7) is 6.39. The Morgan fingerprint density at radius 2 is 2.12 bits per heavy atom. The molecule has 0 saturated carbocycles. The molecular weight excluding hydrogens is 242 g/mol. The van der Waals surface area contributed by atoms with Crippen molar-refractivity contribution in [2.24, 2.45) is 11.1 Å². The topological polar surface area (TPSA) is 84.2 Å². The monoisotopic (exact) mass is 263 g/mol. The molecule has 4 N–H and O–H groups in total. The standard InChI is InChI=1S/C11H21N3O2.ClH/c1-11(2,3)8(12)10(16)14-7-5-4-6-13-9(7)15;/h7-8H,4-6,12H2,1-3H3,(H,13,15)(H,14,16);1H/t7?,8-;/m1./s1. The SMILES string of the molecule is CC(C)(C)[C@H](N)C(=O)NC1CCCNC1=O.Cl. The fourth-order valence-electron chi connectivity index (χ4n) is 1.56. The quantitative estimate of drug-likeness (QED) is 0.664. The van der Waals surface area contributed by atoms with Crippen molar-refractivity contribution in [1.82, 2.24) is 10.6 Å². The van der Waals surface area contributed by atoms with Crippen LogP contribution < -0.4 is 16.4 Å². The van der Waals surface area contributed by atoms with E-state index < -0.39 is 12.1 Å². The Kier molecular flexibility index (Phi) is 5.92. The number of carbonyl (C=O) groups excluding carboxylic acids is 2. The second-order valence-corrected chi connectivity index (χ2v) is 5.34. The molecule has 0 aromatic heterocycles. The highest BCUT2D eigenvalue weighted by Gasteiger charge is 2.31. The molecule has 0 aromatic carbocycles. The van der Waals surface area contributed by atoms with Crippen molar-refractivity contribution in [1.29, 1.82) is 0 Å². The Balaban J connectivity index is 0.00000256. The molecule has 2 amide bonds. The number of hydrogen-bond donors (Lipinski definition) is 3. The van der Waals surface area contributed by atoms with Gasteiger partial charge in [0.25, 0.3) is 0 Å². The predicted octanol–water partition coefficient (Wildman–Crippen LogP) is 0.176. The van der Waals surface area contributed by atoms with E-state index in [-0.39, 0.29) is 29.6 Å². The maximum atomic E-state index is 11.8. The van der Waals surface area contributed by atoms with E-state index in [1.165, 1.54) is 0 Å². The van der Waals surface area contributed by atoms with Crippen LogP contribution in [-0.2, 0) is 9.59 Å². The molecule has 1 aliphatic heterocycles. The van der Waals surface area contributed by atoms with Gasteiger partial charge in [-0.2, -0.15) is 0 Å². The molecule has 2 atom stereocenters. The summed E-state index contributed by atoms with van der Waals surface area (Å²) >= 11 is 0. The number of piperidine rings is 1. The molecule has 1 unspecified atom stereocenters. The zero-order valence-electron chi connectivity index (χ0n) is 10.6. The van der Waals surface area contributed by atoms with E-state index in [2.05, 4.69) is 10.6 Å². The molecule has 0 radical (unpaired) electrons. The number of nitrogens with one attached hydrogen (secondary N) is 2. The van der Waals surface area contributed by atoms with Gasteiger partial charge in [-0.05, 0) is 18.3 Å². The van der Waals surface area contributed by atoms with E-state index in [0.29, 0.717) is 13.0 Å². The molecule has 1 saturated heterocycles. The van der Waals surface area contributed by atoms with Crippen LogP contribution in [0, 0.1) is 5.41 Å². The Morgan fingerprint density at radius 3 is 2.59 bits per heavy atom. The molecule has 1 heterocycles. The van der Waals surface area contributed by atoms with Crippen molar-refractivity contribution in [3.63, 3.8) is 0 Å². The average molecular weight is 264 g/mol. The normalized spacial score (nSPS) is 22.1. The Labute approximate surface area is 108 Å². The third kappa shape index (κ3) is 4.52. The van der Waals surface area contributed by atoms with Gasteiger partial charge in [-0.3, -0.25) is 9.59 Å². The van der Waals surface area contributed by atoms with Gasteiger partial charge in [-0.1, -0.05) is 20.8 Å². The highest BCUT2D eigenvalue weighted by atomic mass is 35.5. The first-order valence-corrected chi connectivity index (χ1v) is 5.66. The highest BCUT2D eigenvalue weighted by Crippen LogP contribution is 2.17. The van der Waals surface area contributed by atoms with Crippen LogP contribution >= 0.6 is 12.4 Å². The first kappa shape index (κ1) is 16.2. The number of rotatable bonds is 2. The smallest absolute Gasteiger partial charge is 0.242 e. The molecule has 0 bridgehead atoms. The maximum absolute atomic E-state index is 11.8. The van der Waals surface area contributed by atoms with Crippen molar-refractivity contribution >= 4 is 24.2 Å². The number of nitrogens with two attached hydrogens (primary N) is 1. The van der Waals surface area contributed by atoms with Gasteiger partial charge in [0.05, 0.1) is 6.04 Å². The minimum atomic E-state index is -0.595. The van der Waals surface area contributed by atoms with Crippen molar-refractivity contribution in [2.75, 3.05) is 6.54 Å². The predicted molar refractivity (Wildman–Crippen MR) is 68.9 cm³/mol. The maximum Gasteiger partial charge on any atom is 0.242 e. The van der Waals surface area contributed by atoms with Crippen LogP contribution in [0.5, 0.6) is 0 Å². The molecule has 1 rings (SSSR count). The minimum absolute atomic E-state index is 0. The minimum Gasteiger partial charge on any atom is -0.354 e. The summed E-state index contributed by atoms with van der Waals surface area (Å²) in [6.07, 6.45) is 1.58. The second kappa shape index (κ2) is 6.21. The van der Waals surface area contributed by atoms with Gasteiger partial charge in [-0.15, -0.1) is 12.4 Å². The fourth-order valence-corrected chi connectivity index (χ4v) is 1.56. The lowest BCUT2D eigenvalue weighted by molar-refractivity contribution is -0.131. The average Bonchev–Trinajstić information content (AvgIpc) is 2.19. The molecule has 0 aromatic rings. The van der Waals surface area contributed by atoms with Crippen molar-refractivity contribution in [3.05, 3.63) is 0 Å². The summed E-state index contributed by atoms with van der Waals surface area (Å²) in [5.41, 5.74) is 5.52. The molecule has 0 aliphatic carbocycles. The molecule has 17 heavy (non-hydrogen) atoms. The summed E-state index contributed by atoms with van der Waals surface area (Å²) < 4.78 is 0. The lowest BCUT2D eigenvalue weighted by atomic mass is 9.86. The van der Waals surface area contributed by atoms with Gasteiger partial charge in [0, 0.05) is 6.54 Å². The van der Waals surface area contributed by atoms with Crippen LogP contribution in [0.15, 0.2) is 0 Å². The van der Waals surface area contributed by atoms with Crippen LogP contribution in [-0.4, -0.2) is 30.4 Å². The summed E-state index contributed by atoms with van der Waals surface area (Å²) in [6, 6.07) is -1.02. The van der Waals surface area contributed by atoms with Crippen LogP contribution in [0.4, 0.5) is 0 Å². The largest absolute Gasteiger partial charge is 0.354 e. The molecule has 100 valence electrons. The summed E-state index contributed by atoms with van der Waals surface area (Å²) in [5, 5.41) is 5.42. The van der Waals surface area contributed by atoms with E-state index in [4.69, 9.17) is 5.73 Å². The van der Waals surface area contributed by atoms with Crippen LogP contribution in [0.2, 0.25) is 0 Å². The van der Waals surface area contributed by atoms with Crippen molar-refractivity contribution < 1.29 is 9.59 Å². The van der Waals surface area contributed by atoms with Gasteiger partial charge >= 0.3 is 0 Å². The molecule has 5 nitrogen and oxygen atoms in total. The second-order valence-electron chi connectivity index (χ2n) is 5.34. The van der Waals surface area contributed by atoms with E-state index >= 15 is 0 Å². The van der Waals surface area contributed by atoms with Crippen LogP contribution in [0.1, 0.15) is 33.6 Å². The number of amides is 2. The van der Waals surface area contributed by atoms with E-state index in [1.807, 2.05) is 20.8 Å². The van der Waals surface area contributed by atoms with Crippen molar-refractivity contribution in [3.8, 4) is 0 Å². The Hall–Kier alpha value is -0.810. The third-order valence-electron chi connectivity index (χ3n) is 2.82. The van der Waals surface area contributed by atoms with Gasteiger partial charge in [0.15, 0.2) is 0 Å². The summed E-state index contributed by atoms with van der Waals surface area (Å²) in [5.74, 6) is -0.366. The Bertz CT molecular complexity index is 289. The highest BCUT2D eigenvalue weighted by molar-refractivity contribution is 5.90.